The Morgan fingerprint density at radius 1 is 1.25 bits per heavy atom. The third-order valence-corrected chi connectivity index (χ3v) is 3.27. The van der Waals surface area contributed by atoms with Gasteiger partial charge in [0.25, 0.3) is 0 Å². The molecule has 0 bridgehead atoms. The number of para-hydroxylation sites is 1. The van der Waals surface area contributed by atoms with Crippen molar-refractivity contribution in [2.24, 2.45) is 5.73 Å². The summed E-state index contributed by atoms with van der Waals surface area (Å²) < 4.78 is 5.88. The van der Waals surface area contributed by atoms with Crippen LogP contribution in [0.5, 0.6) is 11.6 Å². The van der Waals surface area contributed by atoms with Crippen LogP contribution in [-0.2, 0) is 12.0 Å². The highest BCUT2D eigenvalue weighted by atomic mass is 35.5. The SMILES string of the molecule is CC(C)(C)c1ccccc1Oc1ncc(CN)cc1Cl. The van der Waals surface area contributed by atoms with Crippen LogP contribution in [0.3, 0.4) is 0 Å². The van der Waals surface area contributed by atoms with Gasteiger partial charge in [-0.15, -0.1) is 0 Å². The summed E-state index contributed by atoms with van der Waals surface area (Å²) in [5.74, 6) is 1.18. The van der Waals surface area contributed by atoms with Gasteiger partial charge in [-0.25, -0.2) is 4.98 Å². The smallest absolute Gasteiger partial charge is 0.238 e. The van der Waals surface area contributed by atoms with Crippen molar-refractivity contribution in [2.75, 3.05) is 0 Å². The monoisotopic (exact) mass is 290 g/mol. The second-order valence-corrected chi connectivity index (χ2v) is 6.09. The summed E-state index contributed by atoms with van der Waals surface area (Å²) in [6.07, 6.45) is 1.68. The molecule has 4 heteroatoms. The van der Waals surface area contributed by atoms with Crippen molar-refractivity contribution in [1.82, 2.24) is 4.98 Å². The minimum atomic E-state index is -0.0136. The largest absolute Gasteiger partial charge is 0.437 e. The van der Waals surface area contributed by atoms with E-state index in [1.165, 1.54) is 0 Å². The lowest BCUT2D eigenvalue weighted by molar-refractivity contribution is 0.440. The van der Waals surface area contributed by atoms with Gasteiger partial charge in [-0.2, -0.15) is 0 Å². The van der Waals surface area contributed by atoms with E-state index in [2.05, 4.69) is 31.8 Å². The maximum absolute atomic E-state index is 6.18. The summed E-state index contributed by atoms with van der Waals surface area (Å²) in [6, 6.07) is 9.70. The molecule has 1 heterocycles. The zero-order valence-corrected chi connectivity index (χ0v) is 12.7. The fourth-order valence-electron chi connectivity index (χ4n) is 1.93. The summed E-state index contributed by atoms with van der Waals surface area (Å²) in [5.41, 5.74) is 7.54. The minimum absolute atomic E-state index is 0.0136. The molecule has 0 atom stereocenters. The average molecular weight is 291 g/mol. The molecule has 0 fully saturated rings. The summed E-state index contributed by atoms with van der Waals surface area (Å²) in [5, 5.41) is 0.469. The van der Waals surface area contributed by atoms with Gasteiger partial charge in [0.15, 0.2) is 0 Å². The van der Waals surface area contributed by atoms with E-state index in [4.69, 9.17) is 22.1 Å². The fourth-order valence-corrected chi connectivity index (χ4v) is 2.16. The van der Waals surface area contributed by atoms with Crippen LogP contribution in [0.25, 0.3) is 0 Å². The molecule has 0 saturated heterocycles. The predicted molar refractivity (Wildman–Crippen MR) is 82.4 cm³/mol. The normalized spacial score (nSPS) is 11.4. The number of hydrogen-bond acceptors (Lipinski definition) is 3. The van der Waals surface area contributed by atoms with Crippen molar-refractivity contribution in [1.29, 1.82) is 0 Å². The van der Waals surface area contributed by atoms with Crippen molar-refractivity contribution in [3.05, 3.63) is 52.7 Å². The van der Waals surface area contributed by atoms with E-state index in [0.717, 1.165) is 16.9 Å². The van der Waals surface area contributed by atoms with Crippen molar-refractivity contribution in [2.45, 2.75) is 32.7 Å². The molecule has 106 valence electrons. The van der Waals surface area contributed by atoms with Crippen LogP contribution in [0.4, 0.5) is 0 Å². The van der Waals surface area contributed by atoms with Gasteiger partial charge in [0.1, 0.15) is 10.8 Å². The number of pyridine rings is 1. The standard InChI is InChI=1S/C16H19ClN2O/c1-16(2,3)12-6-4-5-7-14(12)20-15-13(17)8-11(9-18)10-19-15/h4-8,10H,9,18H2,1-3H3. The minimum Gasteiger partial charge on any atom is -0.437 e. The number of nitrogens with two attached hydrogens (primary N) is 1. The molecule has 2 aromatic rings. The van der Waals surface area contributed by atoms with Gasteiger partial charge in [-0.1, -0.05) is 50.6 Å². The molecule has 3 nitrogen and oxygen atoms in total. The summed E-state index contributed by atoms with van der Waals surface area (Å²) in [4.78, 5) is 4.23. The number of rotatable bonds is 3. The number of aromatic nitrogens is 1. The lowest BCUT2D eigenvalue weighted by atomic mass is 9.86. The molecular weight excluding hydrogens is 272 g/mol. The summed E-state index contributed by atoms with van der Waals surface area (Å²) >= 11 is 6.18. The molecule has 0 amide bonds. The molecule has 2 rings (SSSR count). The third-order valence-electron chi connectivity index (χ3n) is 3.00. The van der Waals surface area contributed by atoms with Gasteiger partial charge in [0.05, 0.1) is 0 Å². The highest BCUT2D eigenvalue weighted by Crippen LogP contribution is 2.35. The predicted octanol–water partition coefficient (Wildman–Crippen LogP) is 4.28. The van der Waals surface area contributed by atoms with Gasteiger partial charge in [0.2, 0.25) is 5.88 Å². The molecule has 1 aromatic carbocycles. The molecule has 2 N–H and O–H groups in total. The highest BCUT2D eigenvalue weighted by Gasteiger charge is 2.19. The number of halogens is 1. The Morgan fingerprint density at radius 3 is 2.55 bits per heavy atom. The molecule has 0 spiro atoms. The molecule has 1 aromatic heterocycles. The van der Waals surface area contributed by atoms with E-state index in [9.17, 15) is 0 Å². The Kier molecular flexibility index (Phi) is 4.31. The quantitative estimate of drug-likeness (QED) is 0.917. The van der Waals surface area contributed by atoms with Gasteiger partial charge in [-0.05, 0) is 23.1 Å². The molecule has 0 aliphatic heterocycles. The first-order chi connectivity index (χ1) is 9.41. The topological polar surface area (TPSA) is 48.1 Å². The zero-order valence-electron chi connectivity index (χ0n) is 12.0. The van der Waals surface area contributed by atoms with E-state index in [1.807, 2.05) is 18.2 Å². The van der Waals surface area contributed by atoms with Crippen LogP contribution >= 0.6 is 11.6 Å². The third kappa shape index (κ3) is 3.30. The van der Waals surface area contributed by atoms with Crippen LogP contribution in [-0.4, -0.2) is 4.98 Å². The molecule has 0 unspecified atom stereocenters. The van der Waals surface area contributed by atoms with Gasteiger partial charge in [0, 0.05) is 18.3 Å². The zero-order chi connectivity index (χ0) is 14.8. The molecule has 0 aliphatic carbocycles. The van der Waals surface area contributed by atoms with Crippen LogP contribution in [0.2, 0.25) is 5.02 Å². The molecular formula is C16H19ClN2O. The lowest BCUT2D eigenvalue weighted by Gasteiger charge is -2.22. The van der Waals surface area contributed by atoms with Gasteiger partial charge >= 0.3 is 0 Å². The number of nitrogens with zero attached hydrogens (tertiary/aromatic N) is 1. The average Bonchev–Trinajstić information content (AvgIpc) is 2.40. The molecule has 0 saturated carbocycles. The van der Waals surface area contributed by atoms with Gasteiger partial charge < -0.3 is 10.5 Å². The maximum atomic E-state index is 6.18. The Labute approximate surface area is 124 Å². The van der Waals surface area contributed by atoms with E-state index < -0.39 is 0 Å². The first-order valence-electron chi connectivity index (χ1n) is 6.53. The Bertz CT molecular complexity index is 606. The van der Waals surface area contributed by atoms with Crippen LogP contribution < -0.4 is 10.5 Å². The second-order valence-electron chi connectivity index (χ2n) is 5.68. The first kappa shape index (κ1) is 14.8. The Balaban J connectivity index is 2.36. The lowest BCUT2D eigenvalue weighted by Crippen LogP contribution is -2.12. The van der Waals surface area contributed by atoms with Crippen molar-refractivity contribution in [3.63, 3.8) is 0 Å². The van der Waals surface area contributed by atoms with Gasteiger partial charge in [-0.3, -0.25) is 0 Å². The van der Waals surface area contributed by atoms with Crippen molar-refractivity contribution >= 4 is 11.6 Å². The highest BCUT2D eigenvalue weighted by molar-refractivity contribution is 6.31. The summed E-state index contributed by atoms with van der Waals surface area (Å²) in [7, 11) is 0. The van der Waals surface area contributed by atoms with Crippen molar-refractivity contribution < 1.29 is 4.74 Å². The number of benzene rings is 1. The Morgan fingerprint density at radius 2 is 1.95 bits per heavy atom. The van der Waals surface area contributed by atoms with E-state index in [1.54, 1.807) is 12.3 Å². The van der Waals surface area contributed by atoms with Crippen LogP contribution in [0, 0.1) is 0 Å². The Hall–Kier alpha value is -1.58. The van der Waals surface area contributed by atoms with E-state index in [-0.39, 0.29) is 5.41 Å². The summed E-state index contributed by atoms with van der Waals surface area (Å²) in [6.45, 7) is 6.83. The number of ether oxygens (including phenoxy) is 1. The van der Waals surface area contributed by atoms with E-state index >= 15 is 0 Å². The fraction of sp³-hybridized carbons (Fsp3) is 0.312. The molecule has 0 radical (unpaired) electrons. The molecule has 0 aliphatic rings. The van der Waals surface area contributed by atoms with Crippen molar-refractivity contribution in [3.8, 4) is 11.6 Å². The van der Waals surface area contributed by atoms with Crippen LogP contribution in [0.1, 0.15) is 31.9 Å². The second kappa shape index (κ2) is 5.81. The van der Waals surface area contributed by atoms with Crippen LogP contribution in [0.15, 0.2) is 36.5 Å². The number of hydrogen-bond donors (Lipinski definition) is 1. The van der Waals surface area contributed by atoms with E-state index in [0.29, 0.717) is 17.4 Å². The maximum Gasteiger partial charge on any atom is 0.238 e. The molecule has 20 heavy (non-hydrogen) atoms. The first-order valence-corrected chi connectivity index (χ1v) is 6.91.